The maximum Gasteiger partial charge on any atom is 0.0715 e. The average molecular weight is 239 g/mol. The highest BCUT2D eigenvalue weighted by atomic mass is 16.3. The van der Waals surface area contributed by atoms with Gasteiger partial charge in [-0.1, -0.05) is 33.6 Å². The van der Waals surface area contributed by atoms with Crippen molar-refractivity contribution >= 4 is 0 Å². The van der Waals surface area contributed by atoms with E-state index >= 15 is 0 Å². The van der Waals surface area contributed by atoms with E-state index in [9.17, 15) is 5.11 Å². The normalized spacial score (nSPS) is 30.0. The number of hydrogen-bond acceptors (Lipinski definition) is 2. The van der Waals surface area contributed by atoms with Crippen molar-refractivity contribution in [1.29, 1.82) is 0 Å². The molecule has 2 atom stereocenters. The van der Waals surface area contributed by atoms with Gasteiger partial charge in [0.2, 0.25) is 0 Å². The number of aliphatic hydroxyl groups is 1. The largest absolute Gasteiger partial charge is 0.391 e. The molecule has 0 aromatic carbocycles. The van der Waals surface area contributed by atoms with E-state index in [-0.39, 0.29) is 11.5 Å². The summed E-state index contributed by atoms with van der Waals surface area (Å²) in [5, 5.41) is 10.3. The molecule has 2 rings (SSSR count). The smallest absolute Gasteiger partial charge is 0.0715 e. The molecule has 1 saturated heterocycles. The molecule has 17 heavy (non-hydrogen) atoms. The third kappa shape index (κ3) is 3.23. The Kier molecular flexibility index (Phi) is 4.14. The minimum atomic E-state index is -0.190. The molecule has 100 valence electrons. The summed E-state index contributed by atoms with van der Waals surface area (Å²) in [5.41, 5.74) is 0.0167. The van der Waals surface area contributed by atoms with Crippen LogP contribution in [0.2, 0.25) is 0 Å². The lowest BCUT2D eigenvalue weighted by atomic mass is 9.88. The van der Waals surface area contributed by atoms with E-state index in [1.165, 1.54) is 45.1 Å². The number of β-amino-alcohol motifs (C(OH)–C–C–N with tert-alkyl or cyclic N) is 1. The first kappa shape index (κ1) is 13.4. The minimum Gasteiger partial charge on any atom is -0.391 e. The van der Waals surface area contributed by atoms with Crippen LogP contribution in [-0.2, 0) is 0 Å². The molecule has 2 fully saturated rings. The van der Waals surface area contributed by atoms with Gasteiger partial charge < -0.3 is 5.11 Å². The molecule has 0 radical (unpaired) electrons. The maximum absolute atomic E-state index is 10.3. The van der Waals surface area contributed by atoms with E-state index in [1.807, 2.05) is 0 Å². The molecule has 0 aromatic heterocycles. The number of aliphatic hydroxyl groups excluding tert-OH is 1. The molecule has 2 nitrogen and oxygen atoms in total. The van der Waals surface area contributed by atoms with Crippen LogP contribution in [-0.4, -0.2) is 35.2 Å². The van der Waals surface area contributed by atoms with Crippen molar-refractivity contribution < 1.29 is 5.11 Å². The first-order valence-corrected chi connectivity index (χ1v) is 7.40. The summed E-state index contributed by atoms with van der Waals surface area (Å²) in [5.74, 6) is 0.921. The molecule has 1 aliphatic heterocycles. The topological polar surface area (TPSA) is 23.5 Å². The van der Waals surface area contributed by atoms with Gasteiger partial charge in [-0.25, -0.2) is 0 Å². The second-order valence-electron chi connectivity index (χ2n) is 7.13. The van der Waals surface area contributed by atoms with Crippen LogP contribution in [0.5, 0.6) is 0 Å². The van der Waals surface area contributed by atoms with Gasteiger partial charge in [0.1, 0.15) is 0 Å². The second-order valence-corrected chi connectivity index (χ2v) is 7.13. The van der Waals surface area contributed by atoms with Crippen molar-refractivity contribution in [2.24, 2.45) is 11.3 Å². The lowest BCUT2D eigenvalue weighted by Crippen LogP contribution is -2.43. The molecule has 2 aliphatic rings. The molecule has 2 heteroatoms. The highest BCUT2D eigenvalue weighted by molar-refractivity contribution is 4.89. The molecule has 0 amide bonds. The quantitative estimate of drug-likeness (QED) is 0.818. The van der Waals surface area contributed by atoms with E-state index in [0.29, 0.717) is 0 Å². The Balaban J connectivity index is 1.90. The van der Waals surface area contributed by atoms with E-state index in [0.717, 1.165) is 18.5 Å². The summed E-state index contributed by atoms with van der Waals surface area (Å²) < 4.78 is 0. The molecular weight excluding hydrogens is 210 g/mol. The van der Waals surface area contributed by atoms with Gasteiger partial charge in [-0.15, -0.1) is 0 Å². The Morgan fingerprint density at radius 1 is 1.12 bits per heavy atom. The van der Waals surface area contributed by atoms with Crippen molar-refractivity contribution in [1.82, 2.24) is 4.90 Å². The number of nitrogens with zero attached hydrogens (tertiary/aromatic N) is 1. The minimum absolute atomic E-state index is 0.0167. The highest BCUT2D eigenvalue weighted by Crippen LogP contribution is 2.36. The summed E-state index contributed by atoms with van der Waals surface area (Å²) in [4.78, 5) is 2.58. The molecule has 1 aliphatic carbocycles. The van der Waals surface area contributed by atoms with Gasteiger partial charge in [0, 0.05) is 12.6 Å². The fourth-order valence-corrected chi connectivity index (χ4v) is 3.45. The van der Waals surface area contributed by atoms with Crippen LogP contribution in [0.15, 0.2) is 0 Å². The van der Waals surface area contributed by atoms with Gasteiger partial charge in [0.05, 0.1) is 6.10 Å². The Bertz CT molecular complexity index is 240. The zero-order valence-electron chi connectivity index (χ0n) is 11.8. The van der Waals surface area contributed by atoms with Gasteiger partial charge >= 0.3 is 0 Å². The fraction of sp³-hybridized carbons (Fsp3) is 1.00. The van der Waals surface area contributed by atoms with Gasteiger partial charge in [-0.05, 0) is 43.6 Å². The zero-order valence-corrected chi connectivity index (χ0v) is 11.8. The van der Waals surface area contributed by atoms with Crippen molar-refractivity contribution in [3.63, 3.8) is 0 Å². The SMILES string of the molecule is CC(C)(C)C(O)CN1CCCC1C1CCCC1. The van der Waals surface area contributed by atoms with Gasteiger partial charge in [-0.3, -0.25) is 4.90 Å². The first-order valence-electron chi connectivity index (χ1n) is 7.40. The molecule has 1 N–H and O–H groups in total. The van der Waals surface area contributed by atoms with Gasteiger partial charge in [0.25, 0.3) is 0 Å². The summed E-state index contributed by atoms with van der Waals surface area (Å²) in [6.45, 7) is 8.49. The zero-order chi connectivity index (χ0) is 12.5. The lowest BCUT2D eigenvalue weighted by molar-refractivity contribution is 0.0182. The van der Waals surface area contributed by atoms with Crippen LogP contribution in [0, 0.1) is 11.3 Å². The second kappa shape index (κ2) is 5.27. The van der Waals surface area contributed by atoms with Gasteiger partial charge in [0.15, 0.2) is 0 Å². The maximum atomic E-state index is 10.3. The van der Waals surface area contributed by atoms with Crippen molar-refractivity contribution in [3.8, 4) is 0 Å². The third-order valence-corrected chi connectivity index (χ3v) is 4.77. The van der Waals surface area contributed by atoms with Crippen LogP contribution in [0.4, 0.5) is 0 Å². The van der Waals surface area contributed by atoms with Crippen molar-refractivity contribution in [3.05, 3.63) is 0 Å². The van der Waals surface area contributed by atoms with Crippen LogP contribution in [0.25, 0.3) is 0 Å². The van der Waals surface area contributed by atoms with Crippen LogP contribution in [0.3, 0.4) is 0 Å². The Hall–Kier alpha value is -0.0800. The van der Waals surface area contributed by atoms with E-state index in [2.05, 4.69) is 25.7 Å². The van der Waals surface area contributed by atoms with E-state index in [4.69, 9.17) is 0 Å². The molecule has 0 bridgehead atoms. The standard InChI is InChI=1S/C15H29NO/c1-15(2,3)14(17)11-16-10-6-9-13(16)12-7-4-5-8-12/h12-14,17H,4-11H2,1-3H3. The van der Waals surface area contributed by atoms with E-state index < -0.39 is 0 Å². The van der Waals surface area contributed by atoms with Crippen molar-refractivity contribution in [2.45, 2.75) is 71.4 Å². The molecule has 1 heterocycles. The number of rotatable bonds is 3. The first-order chi connectivity index (χ1) is 7.98. The average Bonchev–Trinajstić information content (AvgIpc) is 2.83. The summed E-state index contributed by atoms with van der Waals surface area (Å²) in [7, 11) is 0. The predicted octanol–water partition coefficient (Wildman–Crippen LogP) is 3.05. The predicted molar refractivity (Wildman–Crippen MR) is 72.0 cm³/mol. The molecule has 2 unspecified atom stereocenters. The monoisotopic (exact) mass is 239 g/mol. The van der Waals surface area contributed by atoms with Crippen LogP contribution in [0.1, 0.15) is 59.3 Å². The summed E-state index contributed by atoms with van der Waals surface area (Å²) in [6, 6.07) is 0.773. The van der Waals surface area contributed by atoms with Crippen LogP contribution < -0.4 is 0 Å². The molecule has 0 spiro atoms. The summed E-state index contributed by atoms with van der Waals surface area (Å²) in [6.07, 6.45) is 8.21. The number of likely N-dealkylation sites (tertiary alicyclic amines) is 1. The van der Waals surface area contributed by atoms with Crippen molar-refractivity contribution in [2.75, 3.05) is 13.1 Å². The van der Waals surface area contributed by atoms with Crippen LogP contribution >= 0.6 is 0 Å². The summed E-state index contributed by atoms with van der Waals surface area (Å²) >= 11 is 0. The third-order valence-electron chi connectivity index (χ3n) is 4.77. The van der Waals surface area contributed by atoms with Gasteiger partial charge in [-0.2, -0.15) is 0 Å². The highest BCUT2D eigenvalue weighted by Gasteiger charge is 2.35. The Morgan fingerprint density at radius 2 is 1.76 bits per heavy atom. The fourth-order valence-electron chi connectivity index (χ4n) is 3.45. The Labute approximate surface area is 106 Å². The van der Waals surface area contributed by atoms with E-state index in [1.54, 1.807) is 0 Å². The molecule has 1 saturated carbocycles. The Morgan fingerprint density at radius 3 is 2.35 bits per heavy atom. The molecular formula is C15H29NO. The number of hydrogen-bond donors (Lipinski definition) is 1. The lowest BCUT2D eigenvalue weighted by Gasteiger charge is -2.35. The molecule has 0 aromatic rings.